The molecule has 0 amide bonds. The molecule has 1 N–H and O–H groups in total. The topological polar surface area (TPSA) is 110 Å². The van der Waals surface area contributed by atoms with E-state index in [2.05, 4.69) is 24.3 Å². The van der Waals surface area contributed by atoms with Crippen LogP contribution < -0.4 is 4.74 Å². The minimum Gasteiger partial charge on any atom is -0.478 e. The maximum absolute atomic E-state index is 14.4. The number of rotatable bonds is 11. The highest BCUT2D eigenvalue weighted by Gasteiger charge is 2.17. The number of halogens is 1. The van der Waals surface area contributed by atoms with E-state index in [9.17, 15) is 14.3 Å². The van der Waals surface area contributed by atoms with Crippen molar-refractivity contribution >= 4 is 17.0 Å². The number of aromatic carboxylic acids is 1. The lowest BCUT2D eigenvalue weighted by molar-refractivity contribution is 0.0697. The number of hydrogen-bond acceptors (Lipinski definition) is 6. The third-order valence-electron chi connectivity index (χ3n) is 7.71. The summed E-state index contributed by atoms with van der Waals surface area (Å²) in [5, 5.41) is 18.6. The number of methoxy groups -OCH3 is 1. The van der Waals surface area contributed by atoms with Gasteiger partial charge in [0.05, 0.1) is 40.5 Å². The Balaban J connectivity index is 1.34. The number of carboxylic acids is 1. The van der Waals surface area contributed by atoms with Crippen LogP contribution in [0.4, 0.5) is 4.39 Å². The van der Waals surface area contributed by atoms with Crippen LogP contribution in [0, 0.1) is 17.1 Å². The fourth-order valence-electron chi connectivity index (χ4n) is 5.36. The van der Waals surface area contributed by atoms with Gasteiger partial charge in [0.15, 0.2) is 0 Å². The van der Waals surface area contributed by atoms with Crippen LogP contribution in [0.5, 0.6) is 5.88 Å². The van der Waals surface area contributed by atoms with E-state index in [0.717, 1.165) is 39.1 Å². The molecule has 2 heterocycles. The second kappa shape index (κ2) is 13.4. The molecule has 46 heavy (non-hydrogen) atoms. The molecule has 9 heteroatoms. The van der Waals surface area contributed by atoms with Crippen LogP contribution in [0.15, 0.2) is 103 Å². The summed E-state index contributed by atoms with van der Waals surface area (Å²) in [6.07, 6.45) is 0.498. The quantitative estimate of drug-likeness (QED) is 0.164. The van der Waals surface area contributed by atoms with Crippen molar-refractivity contribution in [2.45, 2.75) is 19.6 Å². The predicted octanol–water partition coefficient (Wildman–Crippen LogP) is 7.29. The number of ether oxygens (including phenoxy) is 2. The zero-order valence-corrected chi connectivity index (χ0v) is 25.0. The van der Waals surface area contributed by atoms with Crippen molar-refractivity contribution in [2.24, 2.45) is 0 Å². The number of benzene rings is 4. The molecule has 6 aromatic rings. The highest BCUT2D eigenvalue weighted by atomic mass is 19.1. The van der Waals surface area contributed by atoms with Crippen molar-refractivity contribution in [1.29, 1.82) is 5.26 Å². The van der Waals surface area contributed by atoms with Gasteiger partial charge in [-0.25, -0.2) is 19.2 Å². The van der Waals surface area contributed by atoms with Gasteiger partial charge in [0.1, 0.15) is 18.2 Å². The largest absolute Gasteiger partial charge is 0.478 e. The van der Waals surface area contributed by atoms with Crippen LogP contribution in [0.3, 0.4) is 0 Å². The molecular formula is C37H29FN4O4. The van der Waals surface area contributed by atoms with Crippen LogP contribution in [0.1, 0.15) is 32.9 Å². The summed E-state index contributed by atoms with van der Waals surface area (Å²) in [5.41, 5.74) is 6.86. The summed E-state index contributed by atoms with van der Waals surface area (Å²) < 4.78 is 27.6. The number of carbonyl (C=O) groups is 1. The fraction of sp³-hybridized carbons (Fsp3) is 0.135. The summed E-state index contributed by atoms with van der Waals surface area (Å²) in [6.45, 7) is 0.940. The fourth-order valence-corrected chi connectivity index (χ4v) is 5.36. The van der Waals surface area contributed by atoms with Crippen LogP contribution in [-0.2, 0) is 24.3 Å². The third-order valence-corrected chi connectivity index (χ3v) is 7.71. The number of fused-ring (bicyclic) bond motifs is 1. The Bertz CT molecular complexity index is 2090. The van der Waals surface area contributed by atoms with Crippen LogP contribution in [0.25, 0.3) is 33.4 Å². The standard InChI is InChI=1S/C37H29FN4O4/c1-45-17-16-42-34-20-28(37(43)44)14-15-33(34)40-35(42)21-26-12-13-27(19-30(26)25-6-3-2-4-7-25)32-8-5-9-36(41-32)46-23-29-11-10-24(22-39)18-31(29)38/h2-15,18-20H,16-17,21,23H2,1H3,(H,43,44). The lowest BCUT2D eigenvalue weighted by Gasteiger charge is -2.14. The Morgan fingerprint density at radius 3 is 2.50 bits per heavy atom. The molecule has 0 saturated heterocycles. The van der Waals surface area contributed by atoms with Gasteiger partial charge in [-0.05, 0) is 59.2 Å². The number of carboxylic acid groups (broad SMARTS) is 1. The summed E-state index contributed by atoms with van der Waals surface area (Å²) >= 11 is 0. The summed E-state index contributed by atoms with van der Waals surface area (Å²) in [7, 11) is 1.63. The molecule has 8 nitrogen and oxygen atoms in total. The molecule has 0 aliphatic carbocycles. The molecule has 0 aliphatic heterocycles. The summed E-state index contributed by atoms with van der Waals surface area (Å²) in [5.74, 6) is -0.354. The Hall–Kier alpha value is -5.85. The molecular weight excluding hydrogens is 583 g/mol. The van der Waals surface area contributed by atoms with Gasteiger partial charge in [-0.2, -0.15) is 5.26 Å². The van der Waals surface area contributed by atoms with Crippen LogP contribution in [0.2, 0.25) is 0 Å². The number of nitrogens with zero attached hydrogens (tertiary/aromatic N) is 4. The molecule has 0 bridgehead atoms. The van der Waals surface area contributed by atoms with E-state index < -0.39 is 11.8 Å². The monoisotopic (exact) mass is 612 g/mol. The summed E-state index contributed by atoms with van der Waals surface area (Å²) in [4.78, 5) is 21.3. The van der Waals surface area contributed by atoms with E-state index in [1.165, 1.54) is 12.1 Å². The first kappa shape index (κ1) is 30.2. The van der Waals surface area contributed by atoms with E-state index in [1.807, 2.05) is 47.0 Å². The molecule has 0 fully saturated rings. The Kier molecular flexibility index (Phi) is 8.81. The van der Waals surface area contributed by atoms with E-state index >= 15 is 0 Å². The van der Waals surface area contributed by atoms with Crippen molar-refractivity contribution < 1.29 is 23.8 Å². The zero-order valence-electron chi connectivity index (χ0n) is 25.0. The molecule has 228 valence electrons. The second-order valence-electron chi connectivity index (χ2n) is 10.7. The smallest absolute Gasteiger partial charge is 0.335 e. The maximum atomic E-state index is 14.4. The van der Waals surface area contributed by atoms with Gasteiger partial charge in [-0.1, -0.05) is 54.6 Å². The number of nitriles is 1. The molecule has 0 unspecified atom stereocenters. The average Bonchev–Trinajstić information content (AvgIpc) is 3.43. The third kappa shape index (κ3) is 6.48. The molecule has 0 spiro atoms. The van der Waals surface area contributed by atoms with Crippen molar-refractivity contribution in [1.82, 2.24) is 14.5 Å². The Labute approximate surface area is 264 Å². The van der Waals surface area contributed by atoms with E-state index in [0.29, 0.717) is 36.7 Å². The normalized spacial score (nSPS) is 11.0. The predicted molar refractivity (Wildman–Crippen MR) is 172 cm³/mol. The van der Waals surface area contributed by atoms with Gasteiger partial charge in [0, 0.05) is 37.3 Å². The first-order valence-corrected chi connectivity index (χ1v) is 14.6. The molecule has 0 aliphatic rings. The first-order valence-electron chi connectivity index (χ1n) is 14.6. The van der Waals surface area contributed by atoms with Gasteiger partial charge in [-0.15, -0.1) is 0 Å². The average molecular weight is 613 g/mol. The lowest BCUT2D eigenvalue weighted by Crippen LogP contribution is -2.09. The van der Waals surface area contributed by atoms with Crippen molar-refractivity contribution in [3.63, 3.8) is 0 Å². The number of imidazole rings is 1. The van der Waals surface area contributed by atoms with Gasteiger partial charge in [-0.3, -0.25) is 0 Å². The minimum absolute atomic E-state index is 0.0276. The van der Waals surface area contributed by atoms with E-state index in [4.69, 9.17) is 24.7 Å². The minimum atomic E-state index is -0.991. The van der Waals surface area contributed by atoms with Gasteiger partial charge in [0.25, 0.3) is 0 Å². The number of aromatic nitrogens is 3. The molecule has 4 aromatic carbocycles. The van der Waals surface area contributed by atoms with Crippen LogP contribution in [-0.4, -0.2) is 39.3 Å². The molecule has 0 saturated carbocycles. The molecule has 0 atom stereocenters. The number of pyridine rings is 1. The van der Waals surface area contributed by atoms with Crippen molar-refractivity contribution in [3.8, 4) is 34.3 Å². The van der Waals surface area contributed by atoms with Crippen molar-refractivity contribution in [2.75, 3.05) is 13.7 Å². The highest BCUT2D eigenvalue weighted by molar-refractivity contribution is 5.92. The van der Waals surface area contributed by atoms with Gasteiger partial charge < -0.3 is 19.1 Å². The SMILES string of the molecule is COCCn1c(Cc2ccc(-c3cccc(OCc4ccc(C#N)cc4F)n3)cc2-c2ccccc2)nc2ccc(C(=O)O)cc21. The highest BCUT2D eigenvalue weighted by Crippen LogP contribution is 2.32. The first-order chi connectivity index (χ1) is 22.4. The Morgan fingerprint density at radius 1 is 0.913 bits per heavy atom. The van der Waals surface area contributed by atoms with E-state index in [-0.39, 0.29) is 17.7 Å². The molecule has 2 aromatic heterocycles. The zero-order chi connectivity index (χ0) is 32.0. The molecule has 0 radical (unpaired) electrons. The molecule has 6 rings (SSSR count). The van der Waals surface area contributed by atoms with E-state index in [1.54, 1.807) is 37.4 Å². The van der Waals surface area contributed by atoms with Gasteiger partial charge in [0.2, 0.25) is 5.88 Å². The van der Waals surface area contributed by atoms with Crippen LogP contribution >= 0.6 is 0 Å². The Morgan fingerprint density at radius 2 is 1.74 bits per heavy atom. The van der Waals surface area contributed by atoms with Gasteiger partial charge >= 0.3 is 5.97 Å². The summed E-state index contributed by atoms with van der Waals surface area (Å²) in [6, 6.07) is 32.8. The second-order valence-corrected chi connectivity index (χ2v) is 10.7. The maximum Gasteiger partial charge on any atom is 0.335 e. The number of hydrogen-bond donors (Lipinski definition) is 1. The lowest BCUT2D eigenvalue weighted by atomic mass is 9.94. The van der Waals surface area contributed by atoms with Crippen molar-refractivity contribution in [3.05, 3.63) is 137 Å².